The first-order chi connectivity index (χ1) is 16.4. The molecule has 0 spiro atoms. The first-order valence-electron chi connectivity index (χ1n) is 10.7. The van der Waals surface area contributed by atoms with Crippen molar-refractivity contribution in [2.45, 2.75) is 13.3 Å². The largest absolute Gasteiger partial charge is 0.497 e. The van der Waals surface area contributed by atoms with Crippen LogP contribution < -0.4 is 19.5 Å². The third-order valence-corrected chi connectivity index (χ3v) is 5.74. The van der Waals surface area contributed by atoms with Crippen LogP contribution in [0.15, 0.2) is 60.2 Å². The molecule has 0 aromatic heterocycles. The quantitative estimate of drug-likeness (QED) is 0.471. The fourth-order valence-corrected chi connectivity index (χ4v) is 4.06. The lowest BCUT2D eigenvalue weighted by Crippen LogP contribution is -2.12. The number of hydrogen-bond donors (Lipinski definition) is 1. The van der Waals surface area contributed by atoms with Gasteiger partial charge in [-0.3, -0.25) is 4.79 Å². The summed E-state index contributed by atoms with van der Waals surface area (Å²) < 4.78 is 30.1. The summed E-state index contributed by atoms with van der Waals surface area (Å²) >= 11 is 0. The summed E-state index contributed by atoms with van der Waals surface area (Å²) in [6.45, 7) is 1.95. The Morgan fingerprint density at radius 1 is 0.971 bits per heavy atom. The van der Waals surface area contributed by atoms with E-state index < -0.39 is 0 Å². The molecule has 3 aromatic rings. The van der Waals surface area contributed by atoms with Crippen molar-refractivity contribution >= 4 is 28.8 Å². The van der Waals surface area contributed by atoms with Crippen molar-refractivity contribution in [1.82, 2.24) is 0 Å². The van der Waals surface area contributed by atoms with Crippen molar-refractivity contribution < 1.29 is 23.4 Å². The zero-order valence-corrected chi connectivity index (χ0v) is 19.5. The van der Waals surface area contributed by atoms with Gasteiger partial charge in [-0.25, -0.2) is 4.39 Å². The molecule has 0 unspecified atom stereocenters. The Bertz CT molecular complexity index is 1290. The number of carbonyl (C=O) groups is 1. The predicted molar refractivity (Wildman–Crippen MR) is 131 cm³/mol. The number of halogens is 1. The molecular formula is C28H25FNO4. The number of ether oxygens (including phenoxy) is 3. The average Bonchev–Trinajstić information content (AvgIpc) is 3.08. The molecule has 3 aromatic carbocycles. The maximum absolute atomic E-state index is 14.2. The van der Waals surface area contributed by atoms with Gasteiger partial charge in [-0.1, -0.05) is 12.1 Å². The van der Waals surface area contributed by atoms with Crippen molar-refractivity contribution in [3.63, 3.8) is 0 Å². The highest BCUT2D eigenvalue weighted by atomic mass is 19.1. The highest BCUT2D eigenvalue weighted by Gasteiger charge is 2.26. The van der Waals surface area contributed by atoms with E-state index in [1.807, 2.05) is 25.1 Å². The van der Waals surface area contributed by atoms with E-state index in [-0.39, 0.29) is 18.1 Å². The number of anilines is 1. The van der Waals surface area contributed by atoms with Crippen LogP contribution in [0.2, 0.25) is 0 Å². The van der Waals surface area contributed by atoms with Crippen LogP contribution in [-0.2, 0) is 4.79 Å². The highest BCUT2D eigenvalue weighted by Crippen LogP contribution is 2.44. The molecule has 0 fully saturated rings. The molecule has 0 saturated heterocycles. The van der Waals surface area contributed by atoms with E-state index in [1.165, 1.54) is 12.1 Å². The zero-order chi connectivity index (χ0) is 24.2. The molecule has 0 saturated carbocycles. The van der Waals surface area contributed by atoms with E-state index in [0.29, 0.717) is 28.5 Å². The number of hydrogen-bond acceptors (Lipinski definition) is 4. The summed E-state index contributed by atoms with van der Waals surface area (Å²) in [5.41, 5.74) is 5.67. The van der Waals surface area contributed by atoms with Crippen LogP contribution in [0.5, 0.6) is 17.2 Å². The topological polar surface area (TPSA) is 56.8 Å². The van der Waals surface area contributed by atoms with Gasteiger partial charge in [0.15, 0.2) is 0 Å². The smallest absolute Gasteiger partial charge is 0.228 e. The molecule has 0 bridgehead atoms. The van der Waals surface area contributed by atoms with Gasteiger partial charge in [0.2, 0.25) is 5.91 Å². The van der Waals surface area contributed by atoms with Crippen molar-refractivity contribution in [2.24, 2.45) is 0 Å². The summed E-state index contributed by atoms with van der Waals surface area (Å²) in [5, 5.41) is 2.90. The van der Waals surface area contributed by atoms with Crippen molar-refractivity contribution in [2.75, 3.05) is 26.6 Å². The van der Waals surface area contributed by atoms with Gasteiger partial charge in [0, 0.05) is 11.8 Å². The second kappa shape index (κ2) is 9.83. The molecule has 1 radical (unpaired) electrons. The number of carbonyl (C=O) groups excluding carboxylic acids is 1. The zero-order valence-electron chi connectivity index (χ0n) is 19.5. The minimum atomic E-state index is -0.351. The normalized spacial score (nSPS) is 13.6. The predicted octanol–water partition coefficient (Wildman–Crippen LogP) is 6.01. The highest BCUT2D eigenvalue weighted by molar-refractivity contribution is 6.10. The molecule has 4 rings (SSSR count). The van der Waals surface area contributed by atoms with Gasteiger partial charge < -0.3 is 19.5 Å². The molecule has 1 aliphatic carbocycles. The van der Waals surface area contributed by atoms with E-state index >= 15 is 0 Å². The van der Waals surface area contributed by atoms with Crippen molar-refractivity contribution in [1.29, 1.82) is 0 Å². The SMILES string of the molecule is COc1[c]c(OC)cc(/C=C2/C(C)=C(CC(=O)Nc3cccc(OC)c3)c3cc(F)ccc32)c1. The summed E-state index contributed by atoms with van der Waals surface area (Å²) in [6.07, 6.45) is 2.09. The van der Waals surface area contributed by atoms with Gasteiger partial charge in [0.25, 0.3) is 0 Å². The number of allylic oxidation sites excluding steroid dienone is 2. The first kappa shape index (κ1) is 23.1. The first-order valence-corrected chi connectivity index (χ1v) is 10.7. The lowest BCUT2D eigenvalue weighted by atomic mass is 10.0. The van der Waals surface area contributed by atoms with Crippen LogP contribution in [0.1, 0.15) is 30.0 Å². The molecule has 6 heteroatoms. The van der Waals surface area contributed by atoms with Gasteiger partial charge in [0.1, 0.15) is 23.1 Å². The van der Waals surface area contributed by atoms with Crippen molar-refractivity contribution in [3.8, 4) is 17.2 Å². The van der Waals surface area contributed by atoms with Crippen molar-refractivity contribution in [3.05, 3.63) is 88.7 Å². The average molecular weight is 459 g/mol. The Morgan fingerprint density at radius 2 is 1.71 bits per heavy atom. The summed E-state index contributed by atoms with van der Waals surface area (Å²) in [4.78, 5) is 12.9. The lowest BCUT2D eigenvalue weighted by Gasteiger charge is -2.09. The minimum absolute atomic E-state index is 0.103. The second-order valence-electron chi connectivity index (χ2n) is 7.86. The van der Waals surface area contributed by atoms with Crippen LogP contribution in [0.4, 0.5) is 10.1 Å². The summed E-state index contributed by atoms with van der Waals surface area (Å²) in [7, 11) is 4.71. The van der Waals surface area contributed by atoms with Gasteiger partial charge in [-0.05, 0) is 82.8 Å². The molecular weight excluding hydrogens is 433 g/mol. The molecule has 0 heterocycles. The van der Waals surface area contributed by atoms with Gasteiger partial charge in [-0.2, -0.15) is 0 Å². The number of nitrogens with one attached hydrogen (secondary N) is 1. The Hall–Kier alpha value is -4.06. The number of methoxy groups -OCH3 is 3. The Morgan fingerprint density at radius 3 is 2.38 bits per heavy atom. The van der Waals surface area contributed by atoms with Crippen LogP contribution >= 0.6 is 0 Å². The minimum Gasteiger partial charge on any atom is -0.497 e. The number of fused-ring (bicyclic) bond motifs is 1. The van der Waals surface area contributed by atoms with Gasteiger partial charge >= 0.3 is 0 Å². The third-order valence-electron chi connectivity index (χ3n) is 5.74. The number of amides is 1. The van der Waals surface area contributed by atoms with Crippen LogP contribution in [0, 0.1) is 11.9 Å². The summed E-state index contributed by atoms with van der Waals surface area (Å²) in [5.74, 6) is 1.19. The third kappa shape index (κ3) is 4.81. The molecule has 5 nitrogen and oxygen atoms in total. The van der Waals surface area contributed by atoms with Gasteiger partial charge in [-0.15, -0.1) is 0 Å². The fourth-order valence-electron chi connectivity index (χ4n) is 4.06. The fraction of sp³-hybridized carbons (Fsp3) is 0.179. The standard InChI is InChI=1S/C28H25FNO4/c1-17-25(12-18-10-22(33-3)15-23(11-18)34-4)24-9-8-19(29)13-27(24)26(17)16-28(31)30-20-6-5-7-21(14-20)32-2/h5-14H,16H2,1-4H3,(H,30,31)/b25-12-. The number of rotatable bonds is 7. The molecule has 0 aliphatic heterocycles. The van der Waals surface area contributed by atoms with E-state index in [9.17, 15) is 9.18 Å². The Balaban J connectivity index is 1.70. The van der Waals surface area contributed by atoms with Gasteiger partial charge in [0.05, 0.1) is 33.8 Å². The maximum atomic E-state index is 14.2. The van der Waals surface area contributed by atoms with Crippen LogP contribution in [0.25, 0.3) is 17.2 Å². The summed E-state index contributed by atoms with van der Waals surface area (Å²) in [6, 6.07) is 18.5. The van der Waals surface area contributed by atoms with E-state index in [2.05, 4.69) is 11.4 Å². The molecule has 1 aliphatic rings. The van der Waals surface area contributed by atoms with E-state index in [4.69, 9.17) is 14.2 Å². The maximum Gasteiger partial charge on any atom is 0.228 e. The molecule has 1 N–H and O–H groups in total. The Labute approximate surface area is 198 Å². The van der Waals surface area contributed by atoms with E-state index in [0.717, 1.165) is 27.8 Å². The monoisotopic (exact) mass is 458 g/mol. The van der Waals surface area contributed by atoms with Crippen LogP contribution in [-0.4, -0.2) is 27.2 Å². The molecule has 0 atom stereocenters. The van der Waals surface area contributed by atoms with E-state index in [1.54, 1.807) is 51.7 Å². The Kier molecular flexibility index (Phi) is 6.68. The second-order valence-corrected chi connectivity index (χ2v) is 7.86. The van der Waals surface area contributed by atoms with Crippen LogP contribution in [0.3, 0.4) is 0 Å². The number of benzene rings is 3. The molecule has 34 heavy (non-hydrogen) atoms. The lowest BCUT2D eigenvalue weighted by molar-refractivity contribution is -0.115. The molecule has 173 valence electrons. The molecule has 1 amide bonds.